The molecule has 0 saturated heterocycles. The molecule has 0 unspecified atom stereocenters. The SMILES string of the molecule is c1ccc2c(c1)Oc1ccc(-c3nc(-c4ccc5oc6ccccc6c5c4)nc4c3sc3ccccc34)cc1C21c2ccccc2-c2ccccc21. The number of para-hydroxylation sites is 2. The molecule has 3 aromatic heterocycles. The highest BCUT2D eigenvalue weighted by molar-refractivity contribution is 7.26. The van der Waals surface area contributed by atoms with E-state index < -0.39 is 5.41 Å². The molecule has 0 amide bonds. The molecule has 10 aromatic rings. The summed E-state index contributed by atoms with van der Waals surface area (Å²) in [6.45, 7) is 0. The number of benzene rings is 7. The molecule has 7 aromatic carbocycles. The molecule has 4 heterocycles. The Balaban J connectivity index is 1.15. The van der Waals surface area contributed by atoms with Gasteiger partial charge in [-0.2, -0.15) is 0 Å². The minimum atomic E-state index is -0.560. The summed E-state index contributed by atoms with van der Waals surface area (Å²) in [5.41, 5.74) is 12.3. The monoisotopic (exact) mass is 682 g/mol. The van der Waals surface area contributed by atoms with Crippen LogP contribution in [-0.4, -0.2) is 9.97 Å². The van der Waals surface area contributed by atoms with Crippen LogP contribution in [0, 0.1) is 0 Å². The lowest BCUT2D eigenvalue weighted by Gasteiger charge is -2.39. The van der Waals surface area contributed by atoms with Crippen LogP contribution < -0.4 is 4.74 Å². The van der Waals surface area contributed by atoms with E-state index in [9.17, 15) is 0 Å². The second-order valence-electron chi connectivity index (χ2n) is 13.6. The van der Waals surface area contributed by atoms with E-state index in [1.807, 2.05) is 24.3 Å². The van der Waals surface area contributed by atoms with E-state index in [1.165, 1.54) is 27.0 Å². The van der Waals surface area contributed by atoms with E-state index in [4.69, 9.17) is 19.1 Å². The van der Waals surface area contributed by atoms with E-state index >= 15 is 0 Å². The van der Waals surface area contributed by atoms with Gasteiger partial charge in [0.15, 0.2) is 5.82 Å². The molecule has 4 nitrogen and oxygen atoms in total. The smallest absolute Gasteiger partial charge is 0.160 e. The van der Waals surface area contributed by atoms with Crippen molar-refractivity contribution >= 4 is 53.6 Å². The highest BCUT2D eigenvalue weighted by Crippen LogP contribution is 2.62. The molecule has 0 radical (unpaired) electrons. The van der Waals surface area contributed by atoms with Crippen LogP contribution in [0.5, 0.6) is 11.5 Å². The van der Waals surface area contributed by atoms with Crippen LogP contribution in [0.4, 0.5) is 0 Å². The summed E-state index contributed by atoms with van der Waals surface area (Å²) in [4.78, 5) is 10.7. The van der Waals surface area contributed by atoms with Gasteiger partial charge in [0.05, 0.1) is 21.3 Å². The molecule has 12 rings (SSSR count). The predicted octanol–water partition coefficient (Wildman–Crippen LogP) is 12.5. The third kappa shape index (κ3) is 3.65. The fourth-order valence-electron chi connectivity index (χ4n) is 8.78. The number of rotatable bonds is 2. The fourth-order valence-corrected chi connectivity index (χ4v) is 9.94. The van der Waals surface area contributed by atoms with Gasteiger partial charge < -0.3 is 9.15 Å². The maximum Gasteiger partial charge on any atom is 0.160 e. The molecular weight excluding hydrogens is 657 g/mol. The van der Waals surface area contributed by atoms with Crippen LogP contribution in [-0.2, 0) is 5.41 Å². The molecule has 5 heteroatoms. The zero-order chi connectivity index (χ0) is 34.0. The summed E-state index contributed by atoms with van der Waals surface area (Å²) in [7, 11) is 0. The third-order valence-corrected chi connectivity index (χ3v) is 12.1. The lowest BCUT2D eigenvalue weighted by molar-refractivity contribution is 0.436. The third-order valence-electron chi connectivity index (χ3n) is 11.0. The highest BCUT2D eigenvalue weighted by atomic mass is 32.1. The molecule has 0 bridgehead atoms. The predicted molar refractivity (Wildman–Crippen MR) is 210 cm³/mol. The molecule has 0 N–H and O–H groups in total. The summed E-state index contributed by atoms with van der Waals surface area (Å²) in [6.07, 6.45) is 0. The highest BCUT2D eigenvalue weighted by Gasteiger charge is 2.51. The first-order valence-corrected chi connectivity index (χ1v) is 18.3. The van der Waals surface area contributed by atoms with Crippen molar-refractivity contribution in [2.45, 2.75) is 5.41 Å². The molecule has 1 aliphatic heterocycles. The molecular formula is C47H26N2O2S. The van der Waals surface area contributed by atoms with Gasteiger partial charge >= 0.3 is 0 Å². The number of thiophene rings is 1. The van der Waals surface area contributed by atoms with Gasteiger partial charge in [-0.1, -0.05) is 103 Å². The number of hydrogen-bond donors (Lipinski definition) is 0. The normalized spacial score (nSPS) is 13.7. The number of hydrogen-bond acceptors (Lipinski definition) is 5. The molecule has 2 aliphatic rings. The lowest BCUT2D eigenvalue weighted by Crippen LogP contribution is -2.32. The van der Waals surface area contributed by atoms with Gasteiger partial charge in [-0.3, -0.25) is 0 Å². The molecule has 0 saturated carbocycles. The van der Waals surface area contributed by atoms with Gasteiger partial charge in [-0.05, 0) is 76.9 Å². The Bertz CT molecular complexity index is 3090. The average molecular weight is 683 g/mol. The van der Waals surface area contributed by atoms with Gasteiger partial charge in [0.25, 0.3) is 0 Å². The van der Waals surface area contributed by atoms with Crippen molar-refractivity contribution in [3.8, 4) is 45.3 Å². The Hall–Kier alpha value is -6.56. The van der Waals surface area contributed by atoms with Crippen LogP contribution in [0.1, 0.15) is 22.3 Å². The molecule has 0 fully saturated rings. The van der Waals surface area contributed by atoms with Crippen molar-refractivity contribution in [2.75, 3.05) is 0 Å². The van der Waals surface area contributed by atoms with Crippen molar-refractivity contribution in [2.24, 2.45) is 0 Å². The van der Waals surface area contributed by atoms with E-state index in [2.05, 4.69) is 133 Å². The largest absolute Gasteiger partial charge is 0.457 e. The first-order valence-electron chi connectivity index (χ1n) is 17.5. The fraction of sp³-hybridized carbons (Fsp3) is 0.0213. The lowest BCUT2D eigenvalue weighted by atomic mass is 9.66. The van der Waals surface area contributed by atoms with E-state index in [-0.39, 0.29) is 0 Å². The maximum atomic E-state index is 6.74. The summed E-state index contributed by atoms with van der Waals surface area (Å²) in [5, 5.41) is 3.27. The van der Waals surface area contributed by atoms with E-state index in [0.717, 1.165) is 77.0 Å². The first-order chi connectivity index (χ1) is 25.8. The first kappa shape index (κ1) is 28.2. The summed E-state index contributed by atoms with van der Waals surface area (Å²) >= 11 is 1.75. The summed E-state index contributed by atoms with van der Waals surface area (Å²) in [6, 6.07) is 55.8. The van der Waals surface area contributed by atoms with Crippen molar-refractivity contribution in [1.29, 1.82) is 0 Å². The molecule has 52 heavy (non-hydrogen) atoms. The summed E-state index contributed by atoms with van der Waals surface area (Å²) in [5.74, 6) is 2.42. The van der Waals surface area contributed by atoms with Gasteiger partial charge in [-0.15, -0.1) is 11.3 Å². The van der Waals surface area contributed by atoms with Crippen molar-refractivity contribution in [3.63, 3.8) is 0 Å². The quantitative estimate of drug-likeness (QED) is 0.182. The second-order valence-corrected chi connectivity index (χ2v) is 14.7. The Labute approximate surface area is 302 Å². The van der Waals surface area contributed by atoms with E-state index in [0.29, 0.717) is 5.82 Å². The van der Waals surface area contributed by atoms with Crippen molar-refractivity contribution in [3.05, 3.63) is 180 Å². The van der Waals surface area contributed by atoms with Crippen molar-refractivity contribution in [1.82, 2.24) is 9.97 Å². The van der Waals surface area contributed by atoms with Crippen molar-refractivity contribution < 1.29 is 9.15 Å². The standard InChI is InChI=1S/C47H26N2O2S/c1-5-15-34-29(11-1)30-12-2-6-16-35(30)47(34)36-17-7-9-19-40(36)51-41-24-21-27(26-37(41)47)43-45-44(32-14-4-10-20-42(32)52-45)49-46(48-43)28-22-23-39-33(25-28)31-13-3-8-18-38(31)50-39/h1-26H. The zero-order valence-electron chi connectivity index (χ0n) is 27.6. The Kier molecular flexibility index (Phi) is 5.55. The van der Waals surface area contributed by atoms with Gasteiger partial charge in [-0.25, -0.2) is 9.97 Å². The van der Waals surface area contributed by atoms with E-state index in [1.54, 1.807) is 11.3 Å². The number of aromatic nitrogens is 2. The topological polar surface area (TPSA) is 48.2 Å². The van der Waals surface area contributed by atoms with Crippen LogP contribution in [0.15, 0.2) is 162 Å². The Morgan fingerprint density at radius 2 is 1.13 bits per heavy atom. The minimum Gasteiger partial charge on any atom is -0.457 e. The number of fused-ring (bicyclic) bond motifs is 15. The maximum absolute atomic E-state index is 6.74. The molecule has 1 spiro atoms. The van der Waals surface area contributed by atoms with Crippen LogP contribution in [0.2, 0.25) is 0 Å². The number of nitrogens with zero attached hydrogens (tertiary/aromatic N) is 2. The van der Waals surface area contributed by atoms with Crippen LogP contribution >= 0.6 is 11.3 Å². The minimum absolute atomic E-state index is 0.560. The molecule has 1 aliphatic carbocycles. The Morgan fingerprint density at radius 1 is 0.481 bits per heavy atom. The van der Waals surface area contributed by atoms with Crippen LogP contribution in [0.3, 0.4) is 0 Å². The second kappa shape index (κ2) is 10.3. The van der Waals surface area contributed by atoms with Crippen LogP contribution in [0.25, 0.3) is 76.0 Å². The van der Waals surface area contributed by atoms with Gasteiger partial charge in [0, 0.05) is 43.1 Å². The zero-order valence-corrected chi connectivity index (χ0v) is 28.4. The van der Waals surface area contributed by atoms with Gasteiger partial charge in [0.1, 0.15) is 22.7 Å². The average Bonchev–Trinajstić information content (AvgIpc) is 3.86. The number of ether oxygens (including phenoxy) is 1. The molecule has 0 atom stereocenters. The summed E-state index contributed by atoms with van der Waals surface area (Å²) < 4.78 is 15.2. The Morgan fingerprint density at radius 3 is 1.98 bits per heavy atom. The molecule has 242 valence electrons. The number of furan rings is 1. The van der Waals surface area contributed by atoms with Gasteiger partial charge in [0.2, 0.25) is 0 Å².